The lowest BCUT2D eigenvalue weighted by atomic mass is 10.0. The SMILES string of the molecule is CCc1ccc(NC2=C(c3ccccc3OC)C(=O)N(c3ccc(F)c(Cl)c3)C2=O)cc1. The van der Waals surface area contributed by atoms with Crippen molar-refractivity contribution in [3.63, 3.8) is 0 Å². The highest BCUT2D eigenvalue weighted by Crippen LogP contribution is 2.38. The maximum absolute atomic E-state index is 13.7. The predicted octanol–water partition coefficient (Wildman–Crippen LogP) is 5.45. The average Bonchev–Trinajstić information content (AvgIpc) is 3.05. The van der Waals surface area contributed by atoms with Gasteiger partial charge in [0.2, 0.25) is 0 Å². The first-order chi connectivity index (χ1) is 15.4. The molecule has 1 N–H and O–H groups in total. The molecule has 5 nitrogen and oxygen atoms in total. The summed E-state index contributed by atoms with van der Waals surface area (Å²) < 4.78 is 19.1. The quantitative estimate of drug-likeness (QED) is 0.507. The van der Waals surface area contributed by atoms with Gasteiger partial charge in [0.05, 0.1) is 23.4 Å². The van der Waals surface area contributed by atoms with Crippen molar-refractivity contribution < 1.29 is 18.7 Å². The minimum atomic E-state index is -0.637. The van der Waals surface area contributed by atoms with Gasteiger partial charge < -0.3 is 10.1 Å². The number of para-hydroxylation sites is 1. The second-order valence-electron chi connectivity index (χ2n) is 7.17. The van der Waals surface area contributed by atoms with E-state index in [0.717, 1.165) is 23.0 Å². The number of carbonyl (C=O) groups is 2. The Hall–Kier alpha value is -3.64. The number of carbonyl (C=O) groups excluding carboxylic acids is 2. The molecule has 1 aliphatic heterocycles. The smallest absolute Gasteiger partial charge is 0.282 e. The summed E-state index contributed by atoms with van der Waals surface area (Å²) in [6.45, 7) is 2.05. The third-order valence-electron chi connectivity index (χ3n) is 5.25. The first-order valence-electron chi connectivity index (χ1n) is 10.0. The summed E-state index contributed by atoms with van der Waals surface area (Å²) in [4.78, 5) is 27.9. The van der Waals surface area contributed by atoms with Crippen LogP contribution in [0.25, 0.3) is 5.57 Å². The average molecular weight is 451 g/mol. The maximum atomic E-state index is 13.7. The Morgan fingerprint density at radius 3 is 2.38 bits per heavy atom. The number of amides is 2. The van der Waals surface area contributed by atoms with E-state index in [1.807, 2.05) is 24.3 Å². The van der Waals surface area contributed by atoms with E-state index in [-0.39, 0.29) is 22.0 Å². The summed E-state index contributed by atoms with van der Waals surface area (Å²) >= 11 is 5.91. The number of imide groups is 1. The zero-order chi connectivity index (χ0) is 22.8. The zero-order valence-corrected chi connectivity index (χ0v) is 18.2. The molecule has 0 aromatic heterocycles. The summed E-state index contributed by atoms with van der Waals surface area (Å²) in [5.74, 6) is -1.32. The molecule has 0 fully saturated rings. The third kappa shape index (κ3) is 3.85. The number of nitrogens with zero attached hydrogens (tertiary/aromatic N) is 1. The fourth-order valence-corrected chi connectivity index (χ4v) is 3.75. The van der Waals surface area contributed by atoms with Gasteiger partial charge in [-0.05, 0) is 48.4 Å². The van der Waals surface area contributed by atoms with Crippen molar-refractivity contribution in [1.82, 2.24) is 0 Å². The molecule has 0 atom stereocenters. The standard InChI is InChI=1S/C25H20ClFN2O3/c1-3-15-8-10-16(11-9-15)28-23-22(18-6-4-5-7-21(18)32-2)24(30)29(25(23)31)17-12-13-20(27)19(26)14-17/h4-14,28H,3H2,1-2H3. The fraction of sp³-hybridized carbons (Fsp3) is 0.120. The van der Waals surface area contributed by atoms with Gasteiger partial charge in [0.1, 0.15) is 17.3 Å². The minimum absolute atomic E-state index is 0.101. The van der Waals surface area contributed by atoms with Crippen LogP contribution >= 0.6 is 11.6 Å². The van der Waals surface area contributed by atoms with Gasteiger partial charge in [-0.1, -0.05) is 48.9 Å². The highest BCUT2D eigenvalue weighted by molar-refractivity contribution is 6.46. The molecule has 0 unspecified atom stereocenters. The van der Waals surface area contributed by atoms with Crippen LogP contribution in [0.3, 0.4) is 0 Å². The van der Waals surface area contributed by atoms with Crippen LogP contribution in [0.4, 0.5) is 15.8 Å². The van der Waals surface area contributed by atoms with Crippen molar-refractivity contribution in [1.29, 1.82) is 0 Å². The van der Waals surface area contributed by atoms with Gasteiger partial charge in [-0.2, -0.15) is 0 Å². The number of nitrogens with one attached hydrogen (secondary N) is 1. The van der Waals surface area contributed by atoms with Crippen LogP contribution in [0.2, 0.25) is 5.02 Å². The highest BCUT2D eigenvalue weighted by Gasteiger charge is 2.41. The number of rotatable bonds is 6. The van der Waals surface area contributed by atoms with E-state index >= 15 is 0 Å². The number of halogens is 2. The largest absolute Gasteiger partial charge is 0.496 e. The van der Waals surface area contributed by atoms with Crippen molar-refractivity contribution in [3.05, 3.63) is 94.4 Å². The first kappa shape index (κ1) is 21.6. The molecule has 0 radical (unpaired) electrons. The minimum Gasteiger partial charge on any atom is -0.496 e. The molecule has 1 aliphatic rings. The summed E-state index contributed by atoms with van der Waals surface area (Å²) in [6.07, 6.45) is 0.881. The zero-order valence-electron chi connectivity index (χ0n) is 17.5. The van der Waals surface area contributed by atoms with E-state index in [1.54, 1.807) is 24.3 Å². The molecule has 0 saturated carbocycles. The van der Waals surface area contributed by atoms with E-state index < -0.39 is 17.6 Å². The molecule has 2 amide bonds. The summed E-state index contributed by atoms with van der Waals surface area (Å²) in [5.41, 5.74) is 2.71. The molecule has 0 spiro atoms. The number of benzene rings is 3. The van der Waals surface area contributed by atoms with Crippen LogP contribution in [0, 0.1) is 5.82 Å². The van der Waals surface area contributed by atoms with Gasteiger partial charge in [-0.3, -0.25) is 9.59 Å². The Labute approximate surface area is 190 Å². The number of anilines is 2. The van der Waals surface area contributed by atoms with Crippen LogP contribution in [0.1, 0.15) is 18.1 Å². The van der Waals surface area contributed by atoms with Crippen LogP contribution in [0.15, 0.2) is 72.4 Å². The highest BCUT2D eigenvalue weighted by atomic mass is 35.5. The predicted molar refractivity (Wildman–Crippen MR) is 123 cm³/mol. The Morgan fingerprint density at radius 1 is 1.00 bits per heavy atom. The van der Waals surface area contributed by atoms with Gasteiger partial charge in [-0.25, -0.2) is 9.29 Å². The van der Waals surface area contributed by atoms with Crippen LogP contribution in [0.5, 0.6) is 5.75 Å². The molecule has 1 heterocycles. The summed E-state index contributed by atoms with van der Waals surface area (Å²) in [6, 6.07) is 18.3. The lowest BCUT2D eigenvalue weighted by Gasteiger charge is -2.16. The van der Waals surface area contributed by atoms with Gasteiger partial charge >= 0.3 is 0 Å². The molecule has 3 aromatic rings. The first-order valence-corrected chi connectivity index (χ1v) is 10.4. The molecule has 162 valence electrons. The number of hydrogen-bond acceptors (Lipinski definition) is 4. The fourth-order valence-electron chi connectivity index (χ4n) is 3.57. The van der Waals surface area contributed by atoms with E-state index in [4.69, 9.17) is 16.3 Å². The molecule has 0 bridgehead atoms. The summed E-state index contributed by atoms with van der Waals surface area (Å²) in [7, 11) is 1.49. The molecule has 32 heavy (non-hydrogen) atoms. The normalized spacial score (nSPS) is 13.7. The molecular weight excluding hydrogens is 431 g/mol. The van der Waals surface area contributed by atoms with Gasteiger partial charge in [0.15, 0.2) is 0 Å². The van der Waals surface area contributed by atoms with Crippen molar-refractivity contribution >= 4 is 40.4 Å². The number of ether oxygens (including phenoxy) is 1. The third-order valence-corrected chi connectivity index (χ3v) is 5.54. The monoisotopic (exact) mass is 450 g/mol. The lowest BCUT2D eigenvalue weighted by molar-refractivity contribution is -0.120. The van der Waals surface area contributed by atoms with Crippen molar-refractivity contribution in [2.24, 2.45) is 0 Å². The molecule has 7 heteroatoms. The van der Waals surface area contributed by atoms with E-state index in [2.05, 4.69) is 12.2 Å². The second-order valence-corrected chi connectivity index (χ2v) is 7.58. The van der Waals surface area contributed by atoms with Crippen LogP contribution in [-0.2, 0) is 16.0 Å². The van der Waals surface area contributed by atoms with Crippen molar-refractivity contribution in [2.75, 3.05) is 17.3 Å². The van der Waals surface area contributed by atoms with Crippen molar-refractivity contribution in [2.45, 2.75) is 13.3 Å². The Balaban J connectivity index is 1.84. The molecule has 4 rings (SSSR count). The van der Waals surface area contributed by atoms with Crippen LogP contribution < -0.4 is 15.0 Å². The molecule has 3 aromatic carbocycles. The number of methoxy groups -OCH3 is 1. The Kier molecular flexibility index (Phi) is 5.97. The van der Waals surface area contributed by atoms with Crippen molar-refractivity contribution in [3.8, 4) is 5.75 Å². The topological polar surface area (TPSA) is 58.6 Å². The van der Waals surface area contributed by atoms with Crippen LogP contribution in [-0.4, -0.2) is 18.9 Å². The Morgan fingerprint density at radius 2 is 1.72 bits per heavy atom. The molecular formula is C25H20ClFN2O3. The summed E-state index contributed by atoms with van der Waals surface area (Å²) in [5, 5.41) is 2.92. The lowest BCUT2D eigenvalue weighted by Crippen LogP contribution is -2.32. The number of aryl methyl sites for hydroxylation is 1. The van der Waals surface area contributed by atoms with E-state index in [9.17, 15) is 14.0 Å². The second kappa shape index (κ2) is 8.85. The van der Waals surface area contributed by atoms with Gasteiger partial charge in [-0.15, -0.1) is 0 Å². The van der Waals surface area contributed by atoms with E-state index in [0.29, 0.717) is 17.0 Å². The molecule has 0 aliphatic carbocycles. The Bertz CT molecular complexity index is 1240. The molecule has 0 saturated heterocycles. The van der Waals surface area contributed by atoms with E-state index in [1.165, 1.54) is 19.2 Å². The maximum Gasteiger partial charge on any atom is 0.282 e. The van der Waals surface area contributed by atoms with Gasteiger partial charge in [0, 0.05) is 11.3 Å². The number of hydrogen-bond donors (Lipinski definition) is 1. The van der Waals surface area contributed by atoms with Gasteiger partial charge in [0.25, 0.3) is 11.8 Å².